The SMILES string of the molecule is Oc1ccccc1-c1cc2c(-c3cnn4c3OCCC4)c[nH]c2nn1. The zero-order chi connectivity index (χ0) is 16.8. The first-order chi connectivity index (χ1) is 12.3. The second-order valence-corrected chi connectivity index (χ2v) is 6.00. The minimum absolute atomic E-state index is 0.180. The lowest BCUT2D eigenvalue weighted by molar-refractivity contribution is 0.231. The number of aromatic nitrogens is 5. The number of benzene rings is 1. The molecule has 0 radical (unpaired) electrons. The number of aromatic hydroxyl groups is 1. The topological polar surface area (TPSA) is 88.9 Å². The highest BCUT2D eigenvalue weighted by molar-refractivity contribution is 5.96. The zero-order valence-electron chi connectivity index (χ0n) is 13.3. The Morgan fingerprint density at radius 1 is 1.12 bits per heavy atom. The normalized spacial score (nSPS) is 13.6. The van der Waals surface area contributed by atoms with Crippen LogP contribution in [-0.2, 0) is 6.54 Å². The van der Waals surface area contributed by atoms with Crippen molar-refractivity contribution >= 4 is 11.0 Å². The van der Waals surface area contributed by atoms with Crippen molar-refractivity contribution in [1.82, 2.24) is 25.0 Å². The third-order valence-corrected chi connectivity index (χ3v) is 4.45. The molecule has 0 saturated carbocycles. The van der Waals surface area contributed by atoms with Crippen molar-refractivity contribution in [3.8, 4) is 34.0 Å². The molecule has 7 heteroatoms. The number of H-pyrrole nitrogens is 1. The van der Waals surface area contributed by atoms with Crippen LogP contribution in [0.4, 0.5) is 0 Å². The quantitative estimate of drug-likeness (QED) is 0.589. The number of aryl methyl sites for hydroxylation is 1. The fourth-order valence-corrected chi connectivity index (χ4v) is 3.22. The number of hydrogen-bond acceptors (Lipinski definition) is 5. The summed E-state index contributed by atoms with van der Waals surface area (Å²) in [6.07, 6.45) is 4.68. The molecule has 25 heavy (non-hydrogen) atoms. The van der Waals surface area contributed by atoms with Crippen LogP contribution in [0, 0.1) is 0 Å². The standard InChI is InChI=1S/C18H15N5O2/c24-16-5-2-1-4-11(16)15-8-12-13(9-19-17(12)22-21-15)14-10-20-23-6-3-7-25-18(14)23/h1-2,4-5,8-10,24H,3,6-7H2,(H,19,22). The van der Waals surface area contributed by atoms with Gasteiger partial charge < -0.3 is 14.8 Å². The predicted molar refractivity (Wildman–Crippen MR) is 92.3 cm³/mol. The van der Waals surface area contributed by atoms with Crippen LogP contribution >= 0.6 is 0 Å². The van der Waals surface area contributed by atoms with Crippen LogP contribution in [-0.4, -0.2) is 36.7 Å². The number of hydrogen-bond donors (Lipinski definition) is 2. The smallest absolute Gasteiger partial charge is 0.219 e. The van der Waals surface area contributed by atoms with Crippen molar-refractivity contribution in [2.75, 3.05) is 6.61 Å². The molecule has 4 heterocycles. The van der Waals surface area contributed by atoms with E-state index in [-0.39, 0.29) is 5.75 Å². The highest BCUT2D eigenvalue weighted by atomic mass is 16.5. The van der Waals surface area contributed by atoms with Crippen LogP contribution in [0.15, 0.2) is 42.7 Å². The summed E-state index contributed by atoms with van der Waals surface area (Å²) >= 11 is 0. The van der Waals surface area contributed by atoms with Gasteiger partial charge in [0.2, 0.25) is 5.88 Å². The molecule has 0 atom stereocenters. The van der Waals surface area contributed by atoms with Crippen molar-refractivity contribution in [3.63, 3.8) is 0 Å². The first-order valence-electron chi connectivity index (χ1n) is 8.13. The Morgan fingerprint density at radius 3 is 2.96 bits per heavy atom. The number of nitrogens with one attached hydrogen (secondary N) is 1. The minimum atomic E-state index is 0.180. The van der Waals surface area contributed by atoms with E-state index in [2.05, 4.69) is 20.3 Å². The van der Waals surface area contributed by atoms with Gasteiger partial charge in [-0.05, 0) is 18.2 Å². The van der Waals surface area contributed by atoms with E-state index in [9.17, 15) is 5.11 Å². The average molecular weight is 333 g/mol. The summed E-state index contributed by atoms with van der Waals surface area (Å²) in [4.78, 5) is 3.15. The Balaban J connectivity index is 1.69. The van der Waals surface area contributed by atoms with E-state index in [1.165, 1.54) is 0 Å². The van der Waals surface area contributed by atoms with Crippen molar-refractivity contribution in [3.05, 3.63) is 42.7 Å². The Kier molecular flexibility index (Phi) is 3.00. The third kappa shape index (κ3) is 2.16. The number of ether oxygens (including phenoxy) is 1. The van der Waals surface area contributed by atoms with E-state index in [4.69, 9.17) is 4.74 Å². The Hall–Kier alpha value is -3.35. The van der Waals surface area contributed by atoms with Crippen LogP contribution in [0.2, 0.25) is 0 Å². The largest absolute Gasteiger partial charge is 0.507 e. The second kappa shape index (κ2) is 5.34. The molecule has 0 amide bonds. The molecule has 3 aromatic heterocycles. The molecule has 0 spiro atoms. The molecule has 4 aromatic rings. The Morgan fingerprint density at radius 2 is 2.04 bits per heavy atom. The molecule has 1 aliphatic heterocycles. The van der Waals surface area contributed by atoms with Gasteiger partial charge in [0.25, 0.3) is 0 Å². The summed E-state index contributed by atoms with van der Waals surface area (Å²) in [6, 6.07) is 9.03. The average Bonchev–Trinajstić information content (AvgIpc) is 3.25. The highest BCUT2D eigenvalue weighted by Gasteiger charge is 2.21. The maximum atomic E-state index is 10.1. The van der Waals surface area contributed by atoms with E-state index in [1.54, 1.807) is 12.1 Å². The van der Waals surface area contributed by atoms with E-state index in [1.807, 2.05) is 35.3 Å². The Bertz CT molecular complexity index is 1080. The lowest BCUT2D eigenvalue weighted by Gasteiger charge is -2.15. The molecule has 5 rings (SSSR count). The summed E-state index contributed by atoms with van der Waals surface area (Å²) in [5.74, 6) is 0.965. The zero-order valence-corrected chi connectivity index (χ0v) is 13.3. The molecule has 7 nitrogen and oxygen atoms in total. The van der Waals surface area contributed by atoms with Crippen LogP contribution in [0.3, 0.4) is 0 Å². The third-order valence-electron chi connectivity index (χ3n) is 4.45. The molecule has 0 fully saturated rings. The monoisotopic (exact) mass is 333 g/mol. The molecule has 0 bridgehead atoms. The fourth-order valence-electron chi connectivity index (χ4n) is 3.22. The number of phenols is 1. The van der Waals surface area contributed by atoms with Crippen molar-refractivity contribution in [2.45, 2.75) is 13.0 Å². The van der Waals surface area contributed by atoms with Gasteiger partial charge in [0.15, 0.2) is 5.65 Å². The van der Waals surface area contributed by atoms with E-state index in [0.29, 0.717) is 23.5 Å². The second-order valence-electron chi connectivity index (χ2n) is 6.00. The van der Waals surface area contributed by atoms with E-state index in [0.717, 1.165) is 35.4 Å². The molecule has 2 N–H and O–H groups in total. The summed E-state index contributed by atoms with van der Waals surface area (Å²) in [5.41, 5.74) is 3.85. The summed E-state index contributed by atoms with van der Waals surface area (Å²) in [7, 11) is 0. The van der Waals surface area contributed by atoms with Crippen LogP contribution in [0.5, 0.6) is 11.6 Å². The number of aromatic amines is 1. The van der Waals surface area contributed by atoms with Gasteiger partial charge in [-0.1, -0.05) is 12.1 Å². The molecular weight excluding hydrogens is 318 g/mol. The van der Waals surface area contributed by atoms with Crippen molar-refractivity contribution in [2.24, 2.45) is 0 Å². The van der Waals surface area contributed by atoms with Crippen LogP contribution < -0.4 is 4.74 Å². The molecular formula is C18H15N5O2. The summed E-state index contributed by atoms with van der Waals surface area (Å²) in [6.45, 7) is 1.56. The lowest BCUT2D eigenvalue weighted by atomic mass is 10.1. The molecule has 0 aliphatic carbocycles. The van der Waals surface area contributed by atoms with Gasteiger partial charge in [0.1, 0.15) is 5.75 Å². The van der Waals surface area contributed by atoms with Gasteiger partial charge in [-0.2, -0.15) is 5.10 Å². The van der Waals surface area contributed by atoms with Crippen molar-refractivity contribution in [1.29, 1.82) is 0 Å². The molecule has 0 unspecified atom stereocenters. The van der Waals surface area contributed by atoms with Gasteiger partial charge >= 0.3 is 0 Å². The van der Waals surface area contributed by atoms with Gasteiger partial charge in [-0.15, -0.1) is 10.2 Å². The number of phenolic OH excluding ortho intramolecular Hbond substituents is 1. The Labute approximate surface area is 142 Å². The highest BCUT2D eigenvalue weighted by Crippen LogP contribution is 2.37. The number of nitrogens with zero attached hydrogens (tertiary/aromatic N) is 4. The maximum Gasteiger partial charge on any atom is 0.219 e. The van der Waals surface area contributed by atoms with E-state index < -0.39 is 0 Å². The van der Waals surface area contributed by atoms with Gasteiger partial charge in [-0.3, -0.25) is 0 Å². The molecule has 1 aromatic carbocycles. The number of rotatable bonds is 2. The molecule has 124 valence electrons. The minimum Gasteiger partial charge on any atom is -0.507 e. The first kappa shape index (κ1) is 14.0. The van der Waals surface area contributed by atoms with E-state index >= 15 is 0 Å². The van der Waals surface area contributed by atoms with Gasteiger partial charge in [0.05, 0.1) is 24.1 Å². The van der Waals surface area contributed by atoms with Crippen molar-refractivity contribution < 1.29 is 9.84 Å². The van der Waals surface area contributed by atoms with Crippen LogP contribution in [0.1, 0.15) is 6.42 Å². The molecule has 0 saturated heterocycles. The summed E-state index contributed by atoms with van der Waals surface area (Å²) in [5, 5.41) is 23.9. The molecule has 1 aliphatic rings. The maximum absolute atomic E-state index is 10.1. The number of para-hydroxylation sites is 1. The predicted octanol–water partition coefficient (Wildman–Crippen LogP) is 2.98. The summed E-state index contributed by atoms with van der Waals surface area (Å²) < 4.78 is 7.70. The first-order valence-corrected chi connectivity index (χ1v) is 8.13. The van der Waals surface area contributed by atoms with Gasteiger partial charge in [0, 0.05) is 35.7 Å². The number of fused-ring (bicyclic) bond motifs is 2. The van der Waals surface area contributed by atoms with Gasteiger partial charge in [-0.25, -0.2) is 4.68 Å². The fraction of sp³-hybridized carbons (Fsp3) is 0.167. The van der Waals surface area contributed by atoms with Crippen LogP contribution in [0.25, 0.3) is 33.4 Å². The lowest BCUT2D eigenvalue weighted by Crippen LogP contribution is -2.14.